The summed E-state index contributed by atoms with van der Waals surface area (Å²) in [6, 6.07) is 0. The molecule has 0 aliphatic carbocycles. The SMILES string of the molecule is CCCCCCCCCCCCN1C=NCC1.N. The Bertz CT molecular complexity index is 192. The van der Waals surface area contributed by atoms with Gasteiger partial charge in [-0.05, 0) is 6.42 Å². The summed E-state index contributed by atoms with van der Waals surface area (Å²) in [5.41, 5.74) is 0. The Morgan fingerprint density at radius 2 is 1.44 bits per heavy atom. The van der Waals surface area contributed by atoms with Crippen molar-refractivity contribution in [2.24, 2.45) is 4.99 Å². The fourth-order valence-corrected chi connectivity index (χ4v) is 2.39. The Morgan fingerprint density at radius 1 is 0.889 bits per heavy atom. The van der Waals surface area contributed by atoms with Crippen LogP contribution in [0.2, 0.25) is 0 Å². The average Bonchev–Trinajstić information content (AvgIpc) is 2.85. The third-order valence-corrected chi connectivity index (χ3v) is 3.56. The molecule has 3 nitrogen and oxygen atoms in total. The standard InChI is InChI=1S/C15H30N2.H3N/c1-2-3-4-5-6-7-8-9-10-11-13-17-14-12-16-15-17;/h15H,2-14H2,1H3;1H3. The maximum absolute atomic E-state index is 4.23. The Balaban J connectivity index is 0.00000289. The highest BCUT2D eigenvalue weighted by molar-refractivity contribution is 5.56. The molecule has 0 atom stereocenters. The first-order valence-corrected chi connectivity index (χ1v) is 7.67. The van der Waals surface area contributed by atoms with Gasteiger partial charge < -0.3 is 11.1 Å². The Morgan fingerprint density at radius 3 is 1.94 bits per heavy atom. The summed E-state index contributed by atoms with van der Waals surface area (Å²) in [5, 5.41) is 0. The van der Waals surface area contributed by atoms with Crippen LogP contribution < -0.4 is 6.15 Å². The summed E-state index contributed by atoms with van der Waals surface area (Å²) in [6.45, 7) is 5.67. The van der Waals surface area contributed by atoms with Crippen molar-refractivity contribution in [3.05, 3.63) is 0 Å². The molecule has 0 saturated heterocycles. The quantitative estimate of drug-likeness (QED) is 0.556. The molecule has 1 rings (SSSR count). The topological polar surface area (TPSA) is 50.6 Å². The van der Waals surface area contributed by atoms with E-state index in [1.807, 2.05) is 6.34 Å². The number of hydrogen-bond donors (Lipinski definition) is 1. The van der Waals surface area contributed by atoms with Gasteiger partial charge in [-0.25, -0.2) is 0 Å². The summed E-state index contributed by atoms with van der Waals surface area (Å²) in [4.78, 5) is 6.58. The molecule has 0 radical (unpaired) electrons. The van der Waals surface area contributed by atoms with Gasteiger partial charge in [-0.3, -0.25) is 4.99 Å². The second-order valence-electron chi connectivity index (χ2n) is 5.24. The molecular weight excluding hydrogens is 222 g/mol. The lowest BCUT2D eigenvalue weighted by Crippen LogP contribution is -2.20. The summed E-state index contributed by atoms with van der Waals surface area (Å²) in [7, 11) is 0. The molecule has 1 aliphatic rings. The van der Waals surface area contributed by atoms with Gasteiger partial charge in [-0.1, -0.05) is 64.7 Å². The van der Waals surface area contributed by atoms with Crippen molar-refractivity contribution in [1.82, 2.24) is 11.1 Å². The lowest BCUT2D eigenvalue weighted by Gasteiger charge is -2.12. The van der Waals surface area contributed by atoms with Crippen molar-refractivity contribution in [2.45, 2.75) is 71.1 Å². The lowest BCUT2D eigenvalue weighted by atomic mass is 10.1. The molecule has 0 aromatic rings. The first-order valence-electron chi connectivity index (χ1n) is 7.67. The maximum Gasteiger partial charge on any atom is 0.0851 e. The van der Waals surface area contributed by atoms with Gasteiger partial charge in [0, 0.05) is 13.1 Å². The summed E-state index contributed by atoms with van der Waals surface area (Å²) in [5.74, 6) is 0. The highest BCUT2D eigenvalue weighted by atomic mass is 15.2. The third kappa shape index (κ3) is 9.46. The highest BCUT2D eigenvalue weighted by Gasteiger charge is 2.03. The molecule has 0 bridgehead atoms. The molecule has 0 fully saturated rings. The van der Waals surface area contributed by atoms with Gasteiger partial charge in [0.25, 0.3) is 0 Å². The smallest absolute Gasteiger partial charge is 0.0851 e. The van der Waals surface area contributed by atoms with Crippen LogP contribution in [0.5, 0.6) is 0 Å². The molecule has 18 heavy (non-hydrogen) atoms. The molecule has 0 spiro atoms. The summed E-state index contributed by atoms with van der Waals surface area (Å²) in [6.07, 6.45) is 16.3. The van der Waals surface area contributed by atoms with Gasteiger partial charge >= 0.3 is 0 Å². The maximum atomic E-state index is 4.23. The van der Waals surface area contributed by atoms with Crippen LogP contribution in [0, 0.1) is 0 Å². The fourth-order valence-electron chi connectivity index (χ4n) is 2.39. The van der Waals surface area contributed by atoms with E-state index < -0.39 is 0 Å². The van der Waals surface area contributed by atoms with Gasteiger partial charge in [0.1, 0.15) is 0 Å². The Hall–Kier alpha value is -0.570. The minimum absolute atomic E-state index is 0. The monoisotopic (exact) mass is 255 g/mol. The van der Waals surface area contributed by atoms with Crippen molar-refractivity contribution in [1.29, 1.82) is 0 Å². The van der Waals surface area contributed by atoms with E-state index in [-0.39, 0.29) is 6.15 Å². The van der Waals surface area contributed by atoms with E-state index in [9.17, 15) is 0 Å². The number of hydrogen-bond acceptors (Lipinski definition) is 3. The number of unbranched alkanes of at least 4 members (excludes halogenated alkanes) is 9. The Labute approximate surface area is 114 Å². The van der Waals surface area contributed by atoms with E-state index in [1.165, 1.54) is 70.8 Å². The van der Waals surface area contributed by atoms with E-state index in [2.05, 4.69) is 16.8 Å². The summed E-state index contributed by atoms with van der Waals surface area (Å²) >= 11 is 0. The molecule has 0 aromatic carbocycles. The number of nitrogens with zero attached hydrogens (tertiary/aromatic N) is 2. The first kappa shape index (κ1) is 17.4. The van der Waals surface area contributed by atoms with Crippen LogP contribution in [-0.4, -0.2) is 30.9 Å². The van der Waals surface area contributed by atoms with Crippen LogP contribution in [0.4, 0.5) is 0 Å². The van der Waals surface area contributed by atoms with E-state index in [0.29, 0.717) is 0 Å². The van der Waals surface area contributed by atoms with Gasteiger partial charge in [-0.2, -0.15) is 0 Å². The van der Waals surface area contributed by atoms with Crippen LogP contribution >= 0.6 is 0 Å². The van der Waals surface area contributed by atoms with Crippen LogP contribution in [-0.2, 0) is 0 Å². The van der Waals surface area contributed by atoms with Crippen LogP contribution in [0.25, 0.3) is 0 Å². The predicted molar refractivity (Wildman–Crippen MR) is 81.8 cm³/mol. The summed E-state index contributed by atoms with van der Waals surface area (Å²) < 4.78 is 0. The van der Waals surface area contributed by atoms with Crippen molar-refractivity contribution < 1.29 is 0 Å². The van der Waals surface area contributed by atoms with Gasteiger partial charge in [-0.15, -0.1) is 0 Å². The number of rotatable bonds is 11. The molecule has 3 N–H and O–H groups in total. The zero-order valence-corrected chi connectivity index (χ0v) is 12.4. The van der Waals surface area contributed by atoms with E-state index in [1.54, 1.807) is 0 Å². The molecule has 0 unspecified atom stereocenters. The lowest BCUT2D eigenvalue weighted by molar-refractivity contribution is 0.438. The minimum atomic E-state index is 0. The van der Waals surface area contributed by atoms with Crippen molar-refractivity contribution in [2.75, 3.05) is 19.6 Å². The van der Waals surface area contributed by atoms with Crippen molar-refractivity contribution in [3.8, 4) is 0 Å². The first-order chi connectivity index (χ1) is 8.43. The largest absolute Gasteiger partial charge is 0.361 e. The zero-order valence-electron chi connectivity index (χ0n) is 12.4. The van der Waals surface area contributed by atoms with Crippen molar-refractivity contribution in [3.63, 3.8) is 0 Å². The molecule has 0 saturated carbocycles. The zero-order chi connectivity index (χ0) is 12.2. The minimum Gasteiger partial charge on any atom is -0.361 e. The molecule has 108 valence electrons. The van der Waals surface area contributed by atoms with Gasteiger partial charge in [0.15, 0.2) is 0 Å². The van der Waals surface area contributed by atoms with E-state index in [4.69, 9.17) is 0 Å². The second-order valence-corrected chi connectivity index (χ2v) is 5.24. The van der Waals surface area contributed by atoms with Gasteiger partial charge in [0.2, 0.25) is 0 Å². The van der Waals surface area contributed by atoms with E-state index in [0.717, 1.165) is 13.1 Å². The molecule has 0 amide bonds. The van der Waals surface area contributed by atoms with Crippen LogP contribution in [0.3, 0.4) is 0 Å². The normalized spacial score (nSPS) is 13.9. The molecule has 1 aliphatic heterocycles. The van der Waals surface area contributed by atoms with Crippen LogP contribution in [0.15, 0.2) is 4.99 Å². The average molecular weight is 255 g/mol. The molecule has 0 aromatic heterocycles. The molecule has 3 heteroatoms. The van der Waals surface area contributed by atoms with E-state index >= 15 is 0 Å². The predicted octanol–water partition coefficient (Wildman–Crippen LogP) is 4.41. The third-order valence-electron chi connectivity index (χ3n) is 3.56. The second kappa shape index (κ2) is 12.9. The fraction of sp³-hybridized carbons (Fsp3) is 0.933. The van der Waals surface area contributed by atoms with Gasteiger partial charge in [0.05, 0.1) is 12.9 Å². The Kier molecular flexibility index (Phi) is 12.5. The molecule has 1 heterocycles. The molecular formula is C15H33N3. The van der Waals surface area contributed by atoms with Crippen molar-refractivity contribution >= 4 is 6.34 Å². The highest BCUT2D eigenvalue weighted by Crippen LogP contribution is 2.10. The van der Waals surface area contributed by atoms with Crippen LogP contribution in [0.1, 0.15) is 71.1 Å². The number of aliphatic imine (C=N–C) groups is 1.